The summed E-state index contributed by atoms with van der Waals surface area (Å²) >= 11 is 5.90. The number of aryl methyl sites for hydroxylation is 1. The van der Waals surface area contributed by atoms with Crippen LogP contribution in [0.25, 0.3) is 11.0 Å². The second-order valence-corrected chi connectivity index (χ2v) is 8.31. The zero-order valence-electron chi connectivity index (χ0n) is 16.1. The average molecular weight is 412 g/mol. The first-order valence-electron chi connectivity index (χ1n) is 9.88. The second-order valence-electron chi connectivity index (χ2n) is 7.87. The number of anilines is 1. The number of fused-ring (bicyclic) bond motifs is 2. The monoisotopic (exact) mass is 411 g/mol. The van der Waals surface area contributed by atoms with Crippen molar-refractivity contribution in [2.45, 2.75) is 19.3 Å². The Morgan fingerprint density at radius 2 is 1.90 bits per heavy atom. The summed E-state index contributed by atoms with van der Waals surface area (Å²) in [5.74, 6) is 2.84. The van der Waals surface area contributed by atoms with Crippen LogP contribution in [-0.4, -0.2) is 32.6 Å². The van der Waals surface area contributed by atoms with E-state index in [2.05, 4.69) is 20.4 Å². The molecule has 1 saturated heterocycles. The van der Waals surface area contributed by atoms with Crippen LogP contribution in [0.1, 0.15) is 19.3 Å². The summed E-state index contributed by atoms with van der Waals surface area (Å²) in [5, 5.41) is 3.55. The largest absolute Gasteiger partial charge is 0.452 e. The molecule has 8 heteroatoms. The Morgan fingerprint density at radius 1 is 1.17 bits per heavy atom. The van der Waals surface area contributed by atoms with Gasteiger partial charge in [-0.05, 0) is 55.0 Å². The normalized spacial score (nSPS) is 21.4. The van der Waals surface area contributed by atoms with Crippen molar-refractivity contribution in [3.05, 3.63) is 51.9 Å². The van der Waals surface area contributed by atoms with Crippen molar-refractivity contribution >= 4 is 28.6 Å². The predicted molar refractivity (Wildman–Crippen MR) is 112 cm³/mol. The van der Waals surface area contributed by atoms with E-state index in [9.17, 15) is 4.79 Å². The maximum atomic E-state index is 12.8. The van der Waals surface area contributed by atoms with Crippen molar-refractivity contribution < 1.29 is 4.74 Å². The molecule has 0 spiro atoms. The van der Waals surface area contributed by atoms with Crippen molar-refractivity contribution in [1.29, 1.82) is 0 Å². The van der Waals surface area contributed by atoms with Gasteiger partial charge in [0, 0.05) is 36.7 Å². The van der Waals surface area contributed by atoms with Gasteiger partial charge in [0.25, 0.3) is 5.56 Å². The van der Waals surface area contributed by atoms with Crippen molar-refractivity contribution in [1.82, 2.24) is 19.5 Å². The molecule has 2 aromatic heterocycles. The summed E-state index contributed by atoms with van der Waals surface area (Å²) in [6.45, 7) is 2.05. The van der Waals surface area contributed by atoms with Gasteiger partial charge in [-0.2, -0.15) is 4.98 Å². The molecule has 5 rings (SSSR count). The Kier molecular flexibility index (Phi) is 4.64. The first kappa shape index (κ1) is 18.4. The molecule has 0 radical (unpaired) electrons. The van der Waals surface area contributed by atoms with Gasteiger partial charge in [0.05, 0.1) is 0 Å². The van der Waals surface area contributed by atoms with E-state index in [1.54, 1.807) is 43.6 Å². The lowest BCUT2D eigenvalue weighted by Gasteiger charge is -2.18. The van der Waals surface area contributed by atoms with E-state index in [0.717, 1.165) is 30.3 Å². The van der Waals surface area contributed by atoms with Crippen LogP contribution in [0.3, 0.4) is 0 Å². The number of pyridine rings is 1. The molecular weight excluding hydrogens is 390 g/mol. The van der Waals surface area contributed by atoms with E-state index in [1.165, 1.54) is 23.8 Å². The van der Waals surface area contributed by atoms with Crippen molar-refractivity contribution in [3.8, 4) is 11.5 Å². The first-order chi connectivity index (χ1) is 14.1. The van der Waals surface area contributed by atoms with Crippen LogP contribution in [0.2, 0.25) is 5.02 Å². The quantitative estimate of drug-likeness (QED) is 0.703. The van der Waals surface area contributed by atoms with Crippen LogP contribution in [0.4, 0.5) is 5.95 Å². The number of hydrogen-bond donors (Lipinski definition) is 1. The van der Waals surface area contributed by atoms with E-state index in [4.69, 9.17) is 16.3 Å². The van der Waals surface area contributed by atoms with Crippen LogP contribution in [0, 0.1) is 11.8 Å². The molecule has 3 heterocycles. The third kappa shape index (κ3) is 3.56. The molecule has 1 saturated carbocycles. The van der Waals surface area contributed by atoms with Crippen LogP contribution in [-0.2, 0) is 7.05 Å². The average Bonchev–Trinajstić information content (AvgIpc) is 3.30. The molecule has 29 heavy (non-hydrogen) atoms. The van der Waals surface area contributed by atoms with Gasteiger partial charge < -0.3 is 4.74 Å². The fourth-order valence-electron chi connectivity index (χ4n) is 4.44. The van der Waals surface area contributed by atoms with Gasteiger partial charge in [-0.1, -0.05) is 18.0 Å². The molecule has 150 valence electrons. The van der Waals surface area contributed by atoms with E-state index in [0.29, 0.717) is 22.4 Å². The highest BCUT2D eigenvalue weighted by molar-refractivity contribution is 6.30. The Morgan fingerprint density at radius 3 is 2.62 bits per heavy atom. The third-order valence-electron chi connectivity index (χ3n) is 5.94. The van der Waals surface area contributed by atoms with Crippen LogP contribution < -0.4 is 15.7 Å². The number of halogens is 1. The summed E-state index contributed by atoms with van der Waals surface area (Å²) in [5.41, 5.74) is 3.63. The summed E-state index contributed by atoms with van der Waals surface area (Å²) in [6, 6.07) is 8.56. The lowest BCUT2D eigenvalue weighted by Crippen LogP contribution is -2.29. The van der Waals surface area contributed by atoms with Gasteiger partial charge >= 0.3 is 0 Å². The van der Waals surface area contributed by atoms with Gasteiger partial charge in [0.15, 0.2) is 5.75 Å². The summed E-state index contributed by atoms with van der Waals surface area (Å²) in [7, 11) is 1.69. The highest BCUT2D eigenvalue weighted by atomic mass is 35.5. The molecule has 3 aromatic rings. The van der Waals surface area contributed by atoms with Gasteiger partial charge in [0.1, 0.15) is 11.4 Å². The number of hydrazine groups is 1. The van der Waals surface area contributed by atoms with E-state index < -0.39 is 0 Å². The zero-order valence-corrected chi connectivity index (χ0v) is 16.9. The fraction of sp³-hybridized carbons (Fsp3) is 0.381. The minimum Gasteiger partial charge on any atom is -0.452 e. The Bertz CT molecular complexity index is 1100. The lowest BCUT2D eigenvalue weighted by molar-refractivity contribution is 0.369. The summed E-state index contributed by atoms with van der Waals surface area (Å²) in [6.07, 6.45) is 5.69. The van der Waals surface area contributed by atoms with Crippen molar-refractivity contribution in [2.24, 2.45) is 18.9 Å². The summed E-state index contributed by atoms with van der Waals surface area (Å²) in [4.78, 5) is 21.8. The van der Waals surface area contributed by atoms with Crippen molar-refractivity contribution in [3.63, 3.8) is 0 Å². The number of ether oxygens (including phenoxy) is 1. The van der Waals surface area contributed by atoms with Crippen LogP contribution >= 0.6 is 11.6 Å². The van der Waals surface area contributed by atoms with Gasteiger partial charge in [0.2, 0.25) is 5.95 Å². The topological polar surface area (TPSA) is 72.3 Å². The number of nitrogens with one attached hydrogen (secondary N) is 1. The van der Waals surface area contributed by atoms with E-state index >= 15 is 0 Å². The number of nitrogens with zero attached hydrogens (tertiary/aromatic N) is 4. The molecule has 2 aliphatic rings. The van der Waals surface area contributed by atoms with Crippen LogP contribution in [0.15, 0.2) is 41.3 Å². The van der Waals surface area contributed by atoms with Crippen LogP contribution in [0.5, 0.6) is 11.5 Å². The number of rotatable bonds is 4. The molecule has 2 unspecified atom stereocenters. The van der Waals surface area contributed by atoms with E-state index in [1.807, 2.05) is 0 Å². The standard InChI is InChI=1S/C21H22ClN5O2/c1-26-19-15(9-18(20(26)28)29-17-7-5-16(22)6-8-17)10-23-21(24-19)25-27-11-13-3-2-4-14(13)12-27/h5-10,13-14H,2-4,11-12H2,1H3,(H,23,24,25). The number of benzene rings is 1. The predicted octanol–water partition coefficient (Wildman–Crippen LogP) is 3.83. The third-order valence-corrected chi connectivity index (χ3v) is 6.19. The lowest BCUT2D eigenvalue weighted by atomic mass is 10.0. The zero-order chi connectivity index (χ0) is 20.0. The Hall–Kier alpha value is -2.64. The molecule has 0 amide bonds. The summed E-state index contributed by atoms with van der Waals surface area (Å²) < 4.78 is 7.25. The van der Waals surface area contributed by atoms with Gasteiger partial charge in [-0.3, -0.25) is 14.8 Å². The molecule has 1 aliphatic carbocycles. The first-order valence-corrected chi connectivity index (χ1v) is 10.3. The highest BCUT2D eigenvalue weighted by Crippen LogP contribution is 2.37. The molecule has 7 nitrogen and oxygen atoms in total. The molecule has 1 N–H and O–H groups in total. The van der Waals surface area contributed by atoms with Gasteiger partial charge in [-0.25, -0.2) is 9.99 Å². The number of hydrogen-bond acceptors (Lipinski definition) is 6. The highest BCUT2D eigenvalue weighted by Gasteiger charge is 2.36. The molecule has 0 bridgehead atoms. The second kappa shape index (κ2) is 7.31. The Balaban J connectivity index is 1.40. The maximum Gasteiger partial charge on any atom is 0.294 e. The minimum absolute atomic E-state index is 0.221. The molecule has 1 aliphatic heterocycles. The minimum atomic E-state index is -0.257. The SMILES string of the molecule is Cn1c(=O)c(Oc2ccc(Cl)cc2)cc2cnc(NN3CC4CCCC4C3)nc21. The smallest absolute Gasteiger partial charge is 0.294 e. The maximum absolute atomic E-state index is 12.8. The molecule has 2 atom stereocenters. The molecule has 2 fully saturated rings. The number of aromatic nitrogens is 3. The molecular formula is C21H22ClN5O2. The Labute approximate surface area is 173 Å². The fourth-order valence-corrected chi connectivity index (χ4v) is 4.57. The van der Waals surface area contributed by atoms with Gasteiger partial charge in [-0.15, -0.1) is 0 Å². The molecule has 1 aromatic carbocycles. The van der Waals surface area contributed by atoms with E-state index in [-0.39, 0.29) is 11.3 Å². The van der Waals surface area contributed by atoms with Crippen molar-refractivity contribution in [2.75, 3.05) is 18.5 Å².